The van der Waals surface area contributed by atoms with Crippen molar-refractivity contribution < 1.29 is 13.5 Å². The largest absolute Gasteiger partial charge is 0.506 e. The fourth-order valence-corrected chi connectivity index (χ4v) is 2.34. The average Bonchev–Trinajstić information content (AvgIpc) is 2.41. The molecular formula is C14H16N2O3S. The van der Waals surface area contributed by atoms with E-state index in [1.165, 1.54) is 12.5 Å². The van der Waals surface area contributed by atoms with Crippen LogP contribution in [-0.4, -0.2) is 24.8 Å². The summed E-state index contributed by atoms with van der Waals surface area (Å²) >= 11 is 0. The minimum absolute atomic E-state index is 0.144. The summed E-state index contributed by atoms with van der Waals surface area (Å²) in [6.07, 6.45) is 2.59. The Labute approximate surface area is 118 Å². The minimum Gasteiger partial charge on any atom is -0.506 e. The number of hydrogen-bond acceptors (Lipinski definition) is 5. The molecule has 0 fully saturated rings. The number of hydrogen-bond donors (Lipinski definition) is 2. The number of rotatable bonds is 5. The molecule has 0 aliphatic rings. The van der Waals surface area contributed by atoms with E-state index in [9.17, 15) is 8.42 Å². The van der Waals surface area contributed by atoms with Gasteiger partial charge in [0.2, 0.25) is 0 Å². The van der Waals surface area contributed by atoms with Crippen molar-refractivity contribution in [2.45, 2.75) is 18.0 Å². The van der Waals surface area contributed by atoms with Gasteiger partial charge in [-0.1, -0.05) is 12.1 Å². The fourth-order valence-electron chi connectivity index (χ4n) is 1.71. The van der Waals surface area contributed by atoms with Gasteiger partial charge in [-0.3, -0.25) is 4.98 Å². The van der Waals surface area contributed by atoms with E-state index in [2.05, 4.69) is 10.3 Å². The van der Waals surface area contributed by atoms with Crippen molar-refractivity contribution in [3.8, 4) is 5.75 Å². The van der Waals surface area contributed by atoms with Gasteiger partial charge >= 0.3 is 0 Å². The quantitative estimate of drug-likeness (QED) is 0.872. The highest BCUT2D eigenvalue weighted by atomic mass is 32.2. The summed E-state index contributed by atoms with van der Waals surface area (Å²) in [6.45, 7) is 1.20. The van der Waals surface area contributed by atoms with Crippen LogP contribution in [0.15, 0.2) is 47.5 Å². The highest BCUT2D eigenvalue weighted by Gasteiger charge is 2.05. The minimum atomic E-state index is -3.14. The molecule has 1 aromatic heterocycles. The summed E-state index contributed by atoms with van der Waals surface area (Å²) in [5.41, 5.74) is 1.83. The van der Waals surface area contributed by atoms with E-state index in [1.807, 2.05) is 0 Å². The van der Waals surface area contributed by atoms with Crippen LogP contribution in [0, 0.1) is 0 Å². The second-order valence-electron chi connectivity index (χ2n) is 4.53. The maximum absolute atomic E-state index is 11.3. The van der Waals surface area contributed by atoms with Crippen molar-refractivity contribution >= 4 is 9.84 Å². The van der Waals surface area contributed by atoms with Gasteiger partial charge in [0, 0.05) is 19.3 Å². The van der Waals surface area contributed by atoms with Gasteiger partial charge in [-0.15, -0.1) is 0 Å². The average molecular weight is 292 g/mol. The smallest absolute Gasteiger partial charge is 0.175 e. The van der Waals surface area contributed by atoms with E-state index in [0.29, 0.717) is 18.0 Å². The highest BCUT2D eigenvalue weighted by molar-refractivity contribution is 7.90. The second kappa shape index (κ2) is 6.02. The van der Waals surface area contributed by atoms with Gasteiger partial charge in [-0.2, -0.15) is 0 Å². The zero-order valence-corrected chi connectivity index (χ0v) is 11.9. The zero-order chi connectivity index (χ0) is 14.6. The zero-order valence-electron chi connectivity index (χ0n) is 11.1. The van der Waals surface area contributed by atoms with Crippen molar-refractivity contribution in [2.75, 3.05) is 6.26 Å². The molecule has 106 valence electrons. The first-order chi connectivity index (χ1) is 9.45. The number of pyridine rings is 1. The number of benzene rings is 1. The summed E-state index contributed by atoms with van der Waals surface area (Å²) in [5, 5.41) is 12.3. The third-order valence-electron chi connectivity index (χ3n) is 2.80. The van der Waals surface area contributed by atoms with Gasteiger partial charge in [0.05, 0.1) is 16.8 Å². The predicted molar refractivity (Wildman–Crippen MR) is 76.0 cm³/mol. The normalized spacial score (nSPS) is 11.4. The van der Waals surface area contributed by atoms with Gasteiger partial charge in [-0.05, 0) is 29.8 Å². The Hall–Kier alpha value is -1.92. The van der Waals surface area contributed by atoms with Crippen LogP contribution in [0.25, 0.3) is 0 Å². The van der Waals surface area contributed by atoms with Crippen molar-refractivity contribution in [2.24, 2.45) is 0 Å². The Morgan fingerprint density at radius 3 is 2.35 bits per heavy atom. The Balaban J connectivity index is 1.90. The molecule has 2 N–H and O–H groups in total. The van der Waals surface area contributed by atoms with E-state index in [1.54, 1.807) is 36.4 Å². The molecule has 0 saturated carbocycles. The van der Waals surface area contributed by atoms with E-state index < -0.39 is 9.84 Å². The molecule has 0 aliphatic carbocycles. The number of nitrogens with one attached hydrogen (secondary N) is 1. The first-order valence-corrected chi connectivity index (χ1v) is 7.98. The van der Waals surface area contributed by atoms with Crippen molar-refractivity contribution in [3.05, 3.63) is 53.9 Å². The molecule has 0 aliphatic heterocycles. The molecule has 2 rings (SSSR count). The SMILES string of the molecule is CS(=O)(=O)c1ccc(CNCc2ccc(O)cn2)cc1. The van der Waals surface area contributed by atoms with E-state index in [0.717, 1.165) is 11.3 Å². The molecule has 0 amide bonds. The van der Waals surface area contributed by atoms with Crippen LogP contribution in [0.1, 0.15) is 11.3 Å². The second-order valence-corrected chi connectivity index (χ2v) is 6.54. The van der Waals surface area contributed by atoms with E-state index >= 15 is 0 Å². The van der Waals surface area contributed by atoms with Crippen LogP contribution >= 0.6 is 0 Å². The Morgan fingerprint density at radius 1 is 1.10 bits per heavy atom. The van der Waals surface area contributed by atoms with Gasteiger partial charge in [0.1, 0.15) is 5.75 Å². The van der Waals surface area contributed by atoms with Crippen LogP contribution in [0.4, 0.5) is 0 Å². The van der Waals surface area contributed by atoms with Crippen molar-refractivity contribution in [3.63, 3.8) is 0 Å². The molecule has 0 saturated heterocycles. The standard InChI is InChI=1S/C14H16N2O3S/c1-20(18,19)14-6-2-11(3-7-14)8-15-9-12-4-5-13(17)10-16-12/h2-7,10,15,17H,8-9H2,1H3. The monoisotopic (exact) mass is 292 g/mol. The molecule has 5 nitrogen and oxygen atoms in total. The third kappa shape index (κ3) is 4.04. The third-order valence-corrected chi connectivity index (χ3v) is 3.92. The number of aromatic nitrogens is 1. The van der Waals surface area contributed by atoms with E-state index in [-0.39, 0.29) is 5.75 Å². The molecule has 0 atom stereocenters. The van der Waals surface area contributed by atoms with Crippen LogP contribution in [0.3, 0.4) is 0 Å². The molecule has 20 heavy (non-hydrogen) atoms. The van der Waals surface area contributed by atoms with Gasteiger partial charge in [-0.25, -0.2) is 8.42 Å². The van der Waals surface area contributed by atoms with Crippen LogP contribution in [0.5, 0.6) is 5.75 Å². The van der Waals surface area contributed by atoms with Crippen molar-refractivity contribution in [1.29, 1.82) is 0 Å². The maximum atomic E-state index is 11.3. The molecular weight excluding hydrogens is 276 g/mol. The molecule has 6 heteroatoms. The van der Waals surface area contributed by atoms with Gasteiger partial charge in [0.15, 0.2) is 9.84 Å². The highest BCUT2D eigenvalue weighted by Crippen LogP contribution is 2.10. The molecule has 0 spiro atoms. The topological polar surface area (TPSA) is 79.3 Å². The summed E-state index contributed by atoms with van der Waals surface area (Å²) in [5.74, 6) is 0.144. The number of aromatic hydroxyl groups is 1. The Kier molecular flexibility index (Phi) is 4.36. The summed E-state index contributed by atoms with van der Waals surface area (Å²) in [4.78, 5) is 4.38. The lowest BCUT2D eigenvalue weighted by Gasteiger charge is -2.05. The van der Waals surface area contributed by atoms with E-state index in [4.69, 9.17) is 5.11 Å². The Morgan fingerprint density at radius 2 is 1.80 bits per heavy atom. The van der Waals surface area contributed by atoms with Crippen LogP contribution in [0.2, 0.25) is 0 Å². The molecule has 1 heterocycles. The molecule has 0 unspecified atom stereocenters. The Bertz CT molecular complexity index is 665. The summed E-state index contributed by atoms with van der Waals surface area (Å²) in [6, 6.07) is 10.1. The molecule has 2 aromatic rings. The lowest BCUT2D eigenvalue weighted by Crippen LogP contribution is -2.13. The molecule has 0 radical (unpaired) electrons. The van der Waals surface area contributed by atoms with Crippen molar-refractivity contribution in [1.82, 2.24) is 10.3 Å². The molecule has 1 aromatic carbocycles. The first-order valence-electron chi connectivity index (χ1n) is 6.09. The van der Waals surface area contributed by atoms with Gasteiger partial charge < -0.3 is 10.4 Å². The lowest BCUT2D eigenvalue weighted by molar-refractivity contribution is 0.471. The summed E-state index contributed by atoms with van der Waals surface area (Å²) in [7, 11) is -3.14. The fraction of sp³-hybridized carbons (Fsp3) is 0.214. The lowest BCUT2D eigenvalue weighted by atomic mass is 10.2. The predicted octanol–water partition coefficient (Wildman–Crippen LogP) is 1.48. The number of nitrogens with zero attached hydrogens (tertiary/aromatic N) is 1. The van der Waals surface area contributed by atoms with Gasteiger partial charge in [0.25, 0.3) is 0 Å². The summed E-state index contributed by atoms with van der Waals surface area (Å²) < 4.78 is 22.7. The molecule has 0 bridgehead atoms. The van der Waals surface area contributed by atoms with Crippen LogP contribution < -0.4 is 5.32 Å². The van der Waals surface area contributed by atoms with Crippen LogP contribution in [-0.2, 0) is 22.9 Å². The first kappa shape index (κ1) is 14.5. The number of sulfone groups is 1. The maximum Gasteiger partial charge on any atom is 0.175 e.